The number of piperazine rings is 1. The highest BCUT2D eigenvalue weighted by Crippen LogP contribution is 2.21. The third-order valence-corrected chi connectivity index (χ3v) is 3.98. The lowest BCUT2D eigenvalue weighted by Gasteiger charge is -2.36. The highest BCUT2D eigenvalue weighted by atomic mass is 19.4. The smallest absolute Gasteiger partial charge is 0.333 e. The number of ketones is 1. The van der Waals surface area contributed by atoms with Crippen LogP contribution in [0.1, 0.15) is 12.0 Å². The molecule has 0 aromatic heterocycles. The van der Waals surface area contributed by atoms with Crippen LogP contribution in [0, 0.1) is 28.3 Å². The van der Waals surface area contributed by atoms with Crippen molar-refractivity contribution in [2.24, 2.45) is 0 Å². The summed E-state index contributed by atoms with van der Waals surface area (Å²) < 4.78 is 77.2. The highest BCUT2D eigenvalue weighted by Gasteiger charge is 2.41. The van der Waals surface area contributed by atoms with Crippen LogP contribution in [0.4, 0.5) is 26.3 Å². The van der Waals surface area contributed by atoms with Crippen molar-refractivity contribution < 1.29 is 35.9 Å². The molecular weight excluding hydrogens is 394 g/mol. The van der Waals surface area contributed by atoms with Crippen molar-refractivity contribution in [1.29, 1.82) is 10.8 Å². The van der Waals surface area contributed by atoms with Gasteiger partial charge in [-0.3, -0.25) is 20.4 Å². The van der Waals surface area contributed by atoms with Crippen molar-refractivity contribution in [1.82, 2.24) is 9.80 Å². The first-order chi connectivity index (χ1) is 12.9. The number of amides is 1. The molecule has 2 rings (SSSR count). The van der Waals surface area contributed by atoms with Crippen molar-refractivity contribution in [2.75, 3.05) is 19.6 Å². The topological polar surface area (TPSA) is 88.3 Å². The number of Topliss-reactive ketones (excluding diaryl/α,β-unsaturated/α-hetero) is 1. The summed E-state index contributed by atoms with van der Waals surface area (Å²) in [6.07, 6.45) is -6.36. The molecule has 1 aromatic rings. The minimum absolute atomic E-state index is 0.257. The second-order valence-corrected chi connectivity index (χ2v) is 6.01. The van der Waals surface area contributed by atoms with Gasteiger partial charge in [0.05, 0.1) is 13.0 Å². The van der Waals surface area contributed by atoms with Crippen LogP contribution in [-0.4, -0.2) is 59.0 Å². The molecule has 152 valence electrons. The molecule has 6 nitrogen and oxygen atoms in total. The van der Waals surface area contributed by atoms with Gasteiger partial charge >= 0.3 is 6.18 Å². The number of hydrogen-bond donors (Lipinski definition) is 2. The molecule has 0 aliphatic carbocycles. The summed E-state index contributed by atoms with van der Waals surface area (Å²) >= 11 is 0. The van der Waals surface area contributed by atoms with E-state index in [1.807, 2.05) is 0 Å². The molecule has 0 bridgehead atoms. The molecule has 0 atom stereocenters. The molecule has 2 N–H and O–H groups in total. The summed E-state index contributed by atoms with van der Waals surface area (Å²) in [5.41, 5.74) is -0.437. The zero-order valence-electron chi connectivity index (χ0n) is 14.2. The van der Waals surface area contributed by atoms with Crippen molar-refractivity contribution in [2.45, 2.75) is 19.0 Å². The summed E-state index contributed by atoms with van der Waals surface area (Å²) in [6, 6.07) is 0.778. The van der Waals surface area contributed by atoms with E-state index in [0.29, 0.717) is 11.0 Å². The number of amidine groups is 2. The Balaban J connectivity index is 1.95. The number of rotatable bonds is 4. The average Bonchev–Trinajstić information content (AvgIpc) is 2.58. The summed E-state index contributed by atoms with van der Waals surface area (Å²) in [5.74, 6) is -7.92. The van der Waals surface area contributed by atoms with Crippen LogP contribution in [0.2, 0.25) is 0 Å². The number of nitrogens with one attached hydrogen (secondary N) is 2. The van der Waals surface area contributed by atoms with E-state index in [9.17, 15) is 35.9 Å². The Kier molecular flexibility index (Phi) is 6.10. The molecule has 1 amide bonds. The fourth-order valence-corrected chi connectivity index (χ4v) is 2.57. The van der Waals surface area contributed by atoms with E-state index in [2.05, 4.69) is 0 Å². The van der Waals surface area contributed by atoms with Gasteiger partial charge in [-0.2, -0.15) is 13.2 Å². The second-order valence-electron chi connectivity index (χ2n) is 6.01. The number of hydrogen-bond acceptors (Lipinski definition) is 4. The highest BCUT2D eigenvalue weighted by molar-refractivity contribution is 6.04. The maximum absolute atomic E-state index is 13.5. The van der Waals surface area contributed by atoms with Crippen LogP contribution in [0.3, 0.4) is 0 Å². The Hall–Kier alpha value is -2.92. The molecule has 0 spiro atoms. The van der Waals surface area contributed by atoms with Gasteiger partial charge in [0.2, 0.25) is 11.7 Å². The number of carbonyl (C=O) groups is 2. The van der Waals surface area contributed by atoms with Crippen LogP contribution < -0.4 is 0 Å². The van der Waals surface area contributed by atoms with Gasteiger partial charge in [0, 0.05) is 25.6 Å². The summed E-state index contributed by atoms with van der Waals surface area (Å²) in [4.78, 5) is 25.4. The second kappa shape index (κ2) is 7.98. The normalized spacial score (nSPS) is 15.0. The first-order valence-electron chi connectivity index (χ1n) is 7.83. The molecule has 1 fully saturated rings. The van der Waals surface area contributed by atoms with Crippen LogP contribution in [0.25, 0.3) is 0 Å². The van der Waals surface area contributed by atoms with Crippen molar-refractivity contribution in [3.8, 4) is 0 Å². The number of benzene rings is 1. The molecule has 12 heteroatoms. The monoisotopic (exact) mass is 408 g/mol. The third-order valence-electron chi connectivity index (χ3n) is 3.98. The maximum atomic E-state index is 13.5. The quantitative estimate of drug-likeness (QED) is 0.263. The first-order valence-corrected chi connectivity index (χ1v) is 7.83. The number of alkyl halides is 3. The van der Waals surface area contributed by atoms with Gasteiger partial charge in [0.25, 0.3) is 0 Å². The lowest BCUT2D eigenvalue weighted by Crippen LogP contribution is -2.56. The first kappa shape index (κ1) is 21.4. The Labute approximate surface area is 154 Å². The lowest BCUT2D eigenvalue weighted by atomic mass is 10.1. The summed E-state index contributed by atoms with van der Waals surface area (Å²) in [5, 5.41) is 14.6. The molecule has 1 aliphatic heterocycles. The average molecular weight is 408 g/mol. The fraction of sp³-hybridized carbons (Fsp3) is 0.375. The summed E-state index contributed by atoms with van der Waals surface area (Å²) in [6.45, 7) is -1.24. The fourth-order valence-electron chi connectivity index (χ4n) is 2.57. The summed E-state index contributed by atoms with van der Waals surface area (Å²) in [7, 11) is 0. The number of nitrogens with zero attached hydrogens (tertiary/aromatic N) is 2. The van der Waals surface area contributed by atoms with Gasteiger partial charge in [-0.25, -0.2) is 13.2 Å². The van der Waals surface area contributed by atoms with Gasteiger partial charge in [-0.1, -0.05) is 0 Å². The number of carbonyl (C=O) groups excluding carboxylic acids is 2. The third kappa shape index (κ3) is 4.87. The molecule has 1 saturated heterocycles. The molecule has 1 aliphatic rings. The molecule has 1 heterocycles. The predicted molar refractivity (Wildman–Crippen MR) is 84.4 cm³/mol. The zero-order valence-corrected chi connectivity index (χ0v) is 14.2. The van der Waals surface area contributed by atoms with E-state index < -0.39 is 78.5 Å². The molecular formula is C16H14F6N4O2. The Morgan fingerprint density at radius 2 is 1.64 bits per heavy atom. The zero-order chi connectivity index (χ0) is 21.2. The van der Waals surface area contributed by atoms with Crippen LogP contribution in [-0.2, 0) is 16.0 Å². The van der Waals surface area contributed by atoms with E-state index in [0.717, 1.165) is 4.90 Å². The Bertz CT molecular complexity index is 839. The van der Waals surface area contributed by atoms with Crippen LogP contribution in [0.15, 0.2) is 12.1 Å². The van der Waals surface area contributed by atoms with Gasteiger partial charge in [-0.15, -0.1) is 0 Å². The van der Waals surface area contributed by atoms with Crippen molar-refractivity contribution >= 4 is 23.4 Å². The molecule has 0 saturated carbocycles. The standard InChI is InChI=1S/C16H14F6N4O2/c17-10-6-12(19)11(18)4-8(10)3-9(27)5-14(28)25-1-2-26(13(23)7-25)15(24)16(20,21)22/h4,6,23-24H,1-3,5,7H2. The van der Waals surface area contributed by atoms with Crippen molar-refractivity contribution in [3.63, 3.8) is 0 Å². The Morgan fingerprint density at radius 1 is 1.04 bits per heavy atom. The van der Waals surface area contributed by atoms with Crippen LogP contribution >= 0.6 is 0 Å². The SMILES string of the molecule is N=C1CN(C(=O)CC(=O)Cc2cc(F)c(F)cc2F)CCN1C(=N)C(F)(F)F. The predicted octanol–water partition coefficient (Wildman–Crippen LogP) is 2.27. The van der Waals surface area contributed by atoms with Gasteiger partial charge in [0.1, 0.15) is 17.4 Å². The molecule has 1 aromatic carbocycles. The van der Waals surface area contributed by atoms with E-state index >= 15 is 0 Å². The van der Waals surface area contributed by atoms with E-state index in [1.54, 1.807) is 0 Å². The largest absolute Gasteiger partial charge is 0.449 e. The minimum atomic E-state index is -4.94. The molecule has 0 radical (unpaired) electrons. The van der Waals surface area contributed by atoms with Crippen LogP contribution in [0.5, 0.6) is 0 Å². The van der Waals surface area contributed by atoms with E-state index in [1.165, 1.54) is 0 Å². The lowest BCUT2D eigenvalue weighted by molar-refractivity contribution is -0.135. The van der Waals surface area contributed by atoms with E-state index in [4.69, 9.17) is 10.8 Å². The number of halogens is 6. The van der Waals surface area contributed by atoms with Gasteiger partial charge in [-0.05, 0) is 11.6 Å². The van der Waals surface area contributed by atoms with Gasteiger partial charge in [0.15, 0.2) is 11.6 Å². The maximum Gasteiger partial charge on any atom is 0.449 e. The van der Waals surface area contributed by atoms with Crippen molar-refractivity contribution in [3.05, 3.63) is 35.1 Å². The van der Waals surface area contributed by atoms with Gasteiger partial charge < -0.3 is 9.80 Å². The molecule has 0 unspecified atom stereocenters. The minimum Gasteiger partial charge on any atom is -0.333 e. The van der Waals surface area contributed by atoms with E-state index in [-0.39, 0.29) is 12.6 Å². The molecule has 28 heavy (non-hydrogen) atoms. The Morgan fingerprint density at radius 3 is 2.21 bits per heavy atom.